The molecule has 0 spiro atoms. The van der Waals surface area contributed by atoms with E-state index in [0.29, 0.717) is 18.8 Å². The number of hydrogen-bond acceptors (Lipinski definition) is 2. The second-order valence-electron chi connectivity index (χ2n) is 3.94. The van der Waals surface area contributed by atoms with Crippen molar-refractivity contribution in [3.05, 3.63) is 0 Å². The second kappa shape index (κ2) is 5.17. The van der Waals surface area contributed by atoms with Crippen LogP contribution >= 0.6 is 11.6 Å². The molecule has 13 heavy (non-hydrogen) atoms. The summed E-state index contributed by atoms with van der Waals surface area (Å²) in [5.41, 5.74) is -0.178. The smallest absolute Gasteiger partial charge is 0.211 e. The summed E-state index contributed by atoms with van der Waals surface area (Å²) in [4.78, 5) is 0. The second-order valence-corrected chi connectivity index (χ2v) is 6.13. The van der Waals surface area contributed by atoms with E-state index in [4.69, 9.17) is 11.6 Å². The molecule has 0 rings (SSSR count). The van der Waals surface area contributed by atoms with E-state index < -0.39 is 10.0 Å². The maximum Gasteiger partial charge on any atom is 0.211 e. The molecule has 80 valence electrons. The zero-order chi connectivity index (χ0) is 10.5. The van der Waals surface area contributed by atoms with Crippen LogP contribution in [0.25, 0.3) is 0 Å². The molecule has 0 heterocycles. The first-order valence-corrected chi connectivity index (χ1v) is 6.55. The highest BCUT2D eigenvalue weighted by Crippen LogP contribution is 2.15. The van der Waals surface area contributed by atoms with Gasteiger partial charge in [-0.15, -0.1) is 11.6 Å². The van der Waals surface area contributed by atoms with E-state index in [1.54, 1.807) is 0 Å². The Morgan fingerprint density at radius 1 is 1.38 bits per heavy atom. The van der Waals surface area contributed by atoms with E-state index in [-0.39, 0.29) is 11.2 Å². The van der Waals surface area contributed by atoms with Crippen molar-refractivity contribution in [3.8, 4) is 0 Å². The maximum atomic E-state index is 11.2. The van der Waals surface area contributed by atoms with Crippen LogP contribution in [0.1, 0.15) is 27.2 Å². The fourth-order valence-electron chi connectivity index (χ4n) is 0.693. The molecule has 0 radical (unpaired) electrons. The molecule has 3 nitrogen and oxygen atoms in total. The number of halogens is 1. The maximum absolute atomic E-state index is 11.2. The standard InChI is InChI=1S/C8H18ClNO2S/c1-4-5-13(11,12)10-7-8(2,3)6-9/h10H,4-7H2,1-3H3. The molecule has 0 aliphatic carbocycles. The first-order valence-electron chi connectivity index (χ1n) is 4.36. The van der Waals surface area contributed by atoms with Crippen LogP contribution in [-0.2, 0) is 10.0 Å². The summed E-state index contributed by atoms with van der Waals surface area (Å²) in [6.07, 6.45) is 0.636. The van der Waals surface area contributed by atoms with Crippen molar-refractivity contribution in [1.82, 2.24) is 4.72 Å². The Kier molecular flexibility index (Phi) is 5.25. The van der Waals surface area contributed by atoms with Gasteiger partial charge in [-0.3, -0.25) is 0 Å². The molecule has 1 N–H and O–H groups in total. The van der Waals surface area contributed by atoms with Crippen molar-refractivity contribution in [2.24, 2.45) is 5.41 Å². The van der Waals surface area contributed by atoms with E-state index in [2.05, 4.69) is 4.72 Å². The van der Waals surface area contributed by atoms with E-state index in [0.717, 1.165) is 0 Å². The molecule has 5 heteroatoms. The Labute approximate surface area is 85.9 Å². The molecule has 0 aliphatic rings. The van der Waals surface area contributed by atoms with Crippen molar-refractivity contribution in [2.75, 3.05) is 18.2 Å². The van der Waals surface area contributed by atoms with Gasteiger partial charge in [0.1, 0.15) is 0 Å². The topological polar surface area (TPSA) is 46.2 Å². The molecule has 0 unspecified atom stereocenters. The molecule has 0 amide bonds. The Bertz CT molecular complexity index is 237. The van der Waals surface area contributed by atoms with Crippen LogP contribution in [0.4, 0.5) is 0 Å². The lowest BCUT2D eigenvalue weighted by Crippen LogP contribution is -2.36. The highest BCUT2D eigenvalue weighted by atomic mass is 35.5. The van der Waals surface area contributed by atoms with E-state index in [1.807, 2.05) is 20.8 Å². The van der Waals surface area contributed by atoms with Crippen molar-refractivity contribution in [2.45, 2.75) is 27.2 Å². The molecule has 0 saturated carbocycles. The predicted octanol–water partition coefficient (Wildman–Crippen LogP) is 1.58. The lowest BCUT2D eigenvalue weighted by Gasteiger charge is -2.21. The average Bonchev–Trinajstić information content (AvgIpc) is 2.02. The van der Waals surface area contributed by atoms with Gasteiger partial charge in [0.15, 0.2) is 0 Å². The van der Waals surface area contributed by atoms with Crippen LogP contribution in [-0.4, -0.2) is 26.6 Å². The molecule has 0 atom stereocenters. The van der Waals surface area contributed by atoms with Crippen LogP contribution in [0, 0.1) is 5.41 Å². The predicted molar refractivity (Wildman–Crippen MR) is 56.6 cm³/mol. The van der Waals surface area contributed by atoms with Crippen molar-refractivity contribution in [3.63, 3.8) is 0 Å². The van der Waals surface area contributed by atoms with E-state index >= 15 is 0 Å². The number of rotatable bonds is 6. The zero-order valence-electron chi connectivity index (χ0n) is 8.43. The monoisotopic (exact) mass is 227 g/mol. The molecule has 0 fully saturated rings. The molecule has 0 aromatic carbocycles. The Morgan fingerprint density at radius 2 is 1.92 bits per heavy atom. The summed E-state index contributed by atoms with van der Waals surface area (Å²) in [6.45, 7) is 6.09. The van der Waals surface area contributed by atoms with Crippen LogP contribution in [0.15, 0.2) is 0 Å². The largest absolute Gasteiger partial charge is 0.215 e. The number of hydrogen-bond donors (Lipinski definition) is 1. The quantitative estimate of drug-likeness (QED) is 0.701. The summed E-state index contributed by atoms with van der Waals surface area (Å²) in [5.74, 6) is 0.632. The fourth-order valence-corrected chi connectivity index (χ4v) is 2.08. The Hall–Kier alpha value is 0.200. The van der Waals surface area contributed by atoms with Gasteiger partial charge in [0.2, 0.25) is 10.0 Å². The van der Waals surface area contributed by atoms with Crippen molar-refractivity contribution < 1.29 is 8.42 Å². The SMILES string of the molecule is CCCS(=O)(=O)NCC(C)(C)CCl. The average molecular weight is 228 g/mol. The number of sulfonamides is 1. The zero-order valence-corrected chi connectivity index (χ0v) is 10.0. The number of alkyl halides is 1. The third kappa shape index (κ3) is 6.29. The summed E-state index contributed by atoms with van der Waals surface area (Å²) in [6, 6.07) is 0. The van der Waals surface area contributed by atoms with Gasteiger partial charge in [-0.1, -0.05) is 20.8 Å². The van der Waals surface area contributed by atoms with Gasteiger partial charge in [0.05, 0.1) is 5.75 Å². The minimum Gasteiger partial charge on any atom is -0.215 e. The van der Waals surface area contributed by atoms with Gasteiger partial charge in [-0.2, -0.15) is 0 Å². The summed E-state index contributed by atoms with van der Waals surface area (Å²) in [7, 11) is -3.08. The summed E-state index contributed by atoms with van der Waals surface area (Å²) in [5, 5.41) is 0. The molecule has 0 saturated heterocycles. The van der Waals surface area contributed by atoms with Gasteiger partial charge in [-0.05, 0) is 11.8 Å². The molecule has 0 aliphatic heterocycles. The fraction of sp³-hybridized carbons (Fsp3) is 1.00. The highest BCUT2D eigenvalue weighted by Gasteiger charge is 2.19. The minimum absolute atomic E-state index is 0.178. The van der Waals surface area contributed by atoms with Gasteiger partial charge < -0.3 is 0 Å². The highest BCUT2D eigenvalue weighted by molar-refractivity contribution is 7.89. The van der Waals surface area contributed by atoms with E-state index in [1.165, 1.54) is 0 Å². The van der Waals surface area contributed by atoms with Gasteiger partial charge >= 0.3 is 0 Å². The van der Waals surface area contributed by atoms with Crippen LogP contribution in [0.2, 0.25) is 0 Å². The lowest BCUT2D eigenvalue weighted by atomic mass is 9.97. The molecular formula is C8H18ClNO2S. The van der Waals surface area contributed by atoms with Crippen LogP contribution in [0.5, 0.6) is 0 Å². The van der Waals surface area contributed by atoms with E-state index in [9.17, 15) is 8.42 Å². The lowest BCUT2D eigenvalue weighted by molar-refractivity contribution is 0.414. The Balaban J connectivity index is 4.02. The minimum atomic E-state index is -3.08. The third-order valence-electron chi connectivity index (χ3n) is 1.61. The normalized spacial score (nSPS) is 13.2. The van der Waals surface area contributed by atoms with Gasteiger partial charge in [-0.25, -0.2) is 13.1 Å². The molecule has 0 aromatic heterocycles. The van der Waals surface area contributed by atoms with Crippen LogP contribution in [0.3, 0.4) is 0 Å². The number of nitrogens with one attached hydrogen (secondary N) is 1. The first kappa shape index (κ1) is 13.2. The summed E-state index contributed by atoms with van der Waals surface area (Å²) >= 11 is 5.66. The molecule has 0 bridgehead atoms. The summed E-state index contributed by atoms with van der Waals surface area (Å²) < 4.78 is 25.0. The van der Waals surface area contributed by atoms with Crippen molar-refractivity contribution in [1.29, 1.82) is 0 Å². The van der Waals surface area contributed by atoms with Gasteiger partial charge in [0, 0.05) is 12.4 Å². The van der Waals surface area contributed by atoms with Crippen LogP contribution < -0.4 is 4.72 Å². The molecule has 0 aromatic rings. The van der Waals surface area contributed by atoms with Gasteiger partial charge in [0.25, 0.3) is 0 Å². The first-order chi connectivity index (χ1) is 5.83. The Morgan fingerprint density at radius 3 is 2.31 bits per heavy atom. The molecular weight excluding hydrogens is 210 g/mol. The third-order valence-corrected chi connectivity index (χ3v) is 3.86. The van der Waals surface area contributed by atoms with Crippen molar-refractivity contribution >= 4 is 21.6 Å².